The fourth-order valence-electron chi connectivity index (χ4n) is 2.71. The van der Waals surface area contributed by atoms with Crippen molar-refractivity contribution in [2.75, 3.05) is 31.5 Å². The summed E-state index contributed by atoms with van der Waals surface area (Å²) in [5.74, 6) is 0.111. The van der Waals surface area contributed by atoms with Gasteiger partial charge in [-0.05, 0) is 57.5 Å². The third-order valence-corrected chi connectivity index (χ3v) is 4.12. The maximum absolute atomic E-state index is 12.2. The molecule has 0 spiro atoms. The number of nitrogens with one attached hydrogen (secondary N) is 2. The van der Waals surface area contributed by atoms with Gasteiger partial charge in [-0.2, -0.15) is 0 Å². The lowest BCUT2D eigenvalue weighted by Gasteiger charge is -2.22. The zero-order chi connectivity index (χ0) is 15.9. The van der Waals surface area contributed by atoms with Crippen molar-refractivity contribution < 1.29 is 9.59 Å². The Labute approximate surface area is 132 Å². The number of rotatable bonds is 5. The van der Waals surface area contributed by atoms with E-state index in [0.29, 0.717) is 18.7 Å². The van der Waals surface area contributed by atoms with Gasteiger partial charge in [0.05, 0.1) is 5.92 Å². The van der Waals surface area contributed by atoms with Gasteiger partial charge in [0.25, 0.3) is 5.91 Å². The first-order valence-corrected chi connectivity index (χ1v) is 8.06. The second kappa shape index (κ2) is 7.94. The first-order chi connectivity index (χ1) is 10.7. The van der Waals surface area contributed by atoms with Gasteiger partial charge in [-0.1, -0.05) is 0 Å². The normalized spacial score (nSPS) is 17.8. The van der Waals surface area contributed by atoms with Crippen molar-refractivity contribution >= 4 is 17.5 Å². The lowest BCUT2D eigenvalue weighted by atomic mass is 9.99. The number of carbonyl (C=O) groups is 2. The first kappa shape index (κ1) is 16.5. The number of hydrogen-bond donors (Lipinski definition) is 2. The van der Waals surface area contributed by atoms with Crippen LogP contribution in [0.4, 0.5) is 5.69 Å². The Balaban J connectivity index is 1.96. The van der Waals surface area contributed by atoms with Gasteiger partial charge in [-0.25, -0.2) is 0 Å². The summed E-state index contributed by atoms with van der Waals surface area (Å²) in [6.45, 7) is 7.06. The molecule has 0 aromatic heterocycles. The average Bonchev–Trinajstić information content (AvgIpc) is 2.57. The molecule has 120 valence electrons. The van der Waals surface area contributed by atoms with Crippen LogP contribution in [0.25, 0.3) is 0 Å². The molecule has 1 atom stereocenters. The minimum Gasteiger partial charge on any atom is -0.339 e. The number of nitrogens with zero attached hydrogens (tertiary/aromatic N) is 1. The van der Waals surface area contributed by atoms with E-state index in [9.17, 15) is 9.59 Å². The summed E-state index contributed by atoms with van der Waals surface area (Å²) in [4.78, 5) is 26.2. The van der Waals surface area contributed by atoms with E-state index in [1.54, 1.807) is 29.2 Å². The molecule has 0 aliphatic carbocycles. The summed E-state index contributed by atoms with van der Waals surface area (Å²) >= 11 is 0. The highest BCUT2D eigenvalue weighted by molar-refractivity contribution is 5.96. The Morgan fingerprint density at radius 1 is 1.23 bits per heavy atom. The van der Waals surface area contributed by atoms with Crippen molar-refractivity contribution in [1.82, 2.24) is 10.2 Å². The van der Waals surface area contributed by atoms with Crippen molar-refractivity contribution in [3.63, 3.8) is 0 Å². The highest BCUT2D eigenvalue weighted by Crippen LogP contribution is 2.16. The summed E-state index contributed by atoms with van der Waals surface area (Å²) in [6, 6.07) is 7.14. The van der Waals surface area contributed by atoms with E-state index in [2.05, 4.69) is 10.6 Å². The predicted octanol–water partition coefficient (Wildman–Crippen LogP) is 2.11. The average molecular weight is 303 g/mol. The van der Waals surface area contributed by atoms with Gasteiger partial charge in [0, 0.05) is 30.9 Å². The molecule has 1 aliphatic rings. The fraction of sp³-hybridized carbons (Fsp3) is 0.529. The largest absolute Gasteiger partial charge is 0.339 e. The minimum atomic E-state index is 0.0272. The van der Waals surface area contributed by atoms with E-state index < -0.39 is 0 Å². The smallest absolute Gasteiger partial charge is 0.253 e. The van der Waals surface area contributed by atoms with Gasteiger partial charge < -0.3 is 15.5 Å². The summed E-state index contributed by atoms with van der Waals surface area (Å²) in [5.41, 5.74) is 1.40. The van der Waals surface area contributed by atoms with E-state index in [1.165, 1.54) is 0 Å². The zero-order valence-corrected chi connectivity index (χ0v) is 13.4. The summed E-state index contributed by atoms with van der Waals surface area (Å²) in [5, 5.41) is 6.17. The van der Waals surface area contributed by atoms with Crippen molar-refractivity contribution in [1.29, 1.82) is 0 Å². The molecule has 5 nitrogen and oxygen atoms in total. The molecular weight excluding hydrogens is 278 g/mol. The fourth-order valence-corrected chi connectivity index (χ4v) is 2.71. The Morgan fingerprint density at radius 2 is 1.91 bits per heavy atom. The highest BCUT2D eigenvalue weighted by Gasteiger charge is 2.21. The molecular formula is C17H25N3O2. The molecule has 0 radical (unpaired) electrons. The molecule has 1 aromatic carbocycles. The number of amides is 2. The highest BCUT2D eigenvalue weighted by atomic mass is 16.2. The monoisotopic (exact) mass is 303 g/mol. The van der Waals surface area contributed by atoms with Crippen LogP contribution in [0.5, 0.6) is 0 Å². The molecule has 2 rings (SSSR count). The Kier molecular flexibility index (Phi) is 5.95. The lowest BCUT2D eigenvalue weighted by Crippen LogP contribution is -2.37. The van der Waals surface area contributed by atoms with E-state index in [0.717, 1.165) is 31.6 Å². The maximum atomic E-state index is 12.2. The first-order valence-electron chi connectivity index (χ1n) is 8.06. The molecule has 2 amide bonds. The number of benzene rings is 1. The molecule has 1 unspecified atom stereocenters. The third-order valence-electron chi connectivity index (χ3n) is 4.12. The molecule has 2 N–H and O–H groups in total. The number of hydrogen-bond acceptors (Lipinski definition) is 3. The lowest BCUT2D eigenvalue weighted by molar-refractivity contribution is -0.120. The molecule has 1 aromatic rings. The van der Waals surface area contributed by atoms with Crippen LogP contribution < -0.4 is 10.6 Å². The summed E-state index contributed by atoms with van der Waals surface area (Å²) in [7, 11) is 0. The van der Waals surface area contributed by atoms with Crippen LogP contribution in [0, 0.1) is 5.92 Å². The Bertz CT molecular complexity index is 503. The van der Waals surface area contributed by atoms with Crippen LogP contribution in [-0.2, 0) is 4.79 Å². The molecule has 0 bridgehead atoms. The SMILES string of the molecule is CCN(CC)C(=O)c1ccc(NC(=O)C2CCCNC2)cc1. The number of carbonyl (C=O) groups excluding carboxylic acids is 2. The van der Waals surface area contributed by atoms with Crippen LogP contribution in [0.1, 0.15) is 37.0 Å². The van der Waals surface area contributed by atoms with Crippen LogP contribution in [0.3, 0.4) is 0 Å². The maximum Gasteiger partial charge on any atom is 0.253 e. The van der Waals surface area contributed by atoms with Gasteiger partial charge in [-0.3, -0.25) is 9.59 Å². The van der Waals surface area contributed by atoms with Crippen molar-refractivity contribution in [2.45, 2.75) is 26.7 Å². The molecule has 1 heterocycles. The number of anilines is 1. The standard InChI is InChI=1S/C17H25N3O2/c1-3-20(4-2)17(22)13-7-9-15(10-8-13)19-16(21)14-6-5-11-18-12-14/h7-10,14,18H,3-6,11-12H2,1-2H3,(H,19,21). The minimum absolute atomic E-state index is 0.0272. The van der Waals surface area contributed by atoms with Gasteiger partial charge in [-0.15, -0.1) is 0 Å². The number of piperidine rings is 1. The van der Waals surface area contributed by atoms with E-state index in [4.69, 9.17) is 0 Å². The quantitative estimate of drug-likeness (QED) is 0.876. The van der Waals surface area contributed by atoms with Crippen LogP contribution >= 0.6 is 0 Å². The van der Waals surface area contributed by atoms with Gasteiger partial charge in [0.15, 0.2) is 0 Å². The molecule has 5 heteroatoms. The van der Waals surface area contributed by atoms with E-state index in [1.807, 2.05) is 13.8 Å². The zero-order valence-electron chi connectivity index (χ0n) is 13.4. The van der Waals surface area contributed by atoms with Crippen molar-refractivity contribution in [2.24, 2.45) is 5.92 Å². The van der Waals surface area contributed by atoms with Crippen LogP contribution in [0.2, 0.25) is 0 Å². The second-order valence-corrected chi connectivity index (χ2v) is 5.59. The van der Waals surface area contributed by atoms with Gasteiger partial charge in [0.2, 0.25) is 5.91 Å². The van der Waals surface area contributed by atoms with Gasteiger partial charge >= 0.3 is 0 Å². The van der Waals surface area contributed by atoms with Crippen molar-refractivity contribution in [3.05, 3.63) is 29.8 Å². The second-order valence-electron chi connectivity index (χ2n) is 5.59. The van der Waals surface area contributed by atoms with E-state index >= 15 is 0 Å². The van der Waals surface area contributed by atoms with E-state index in [-0.39, 0.29) is 17.7 Å². The summed E-state index contributed by atoms with van der Waals surface area (Å²) in [6.07, 6.45) is 1.97. The topological polar surface area (TPSA) is 61.4 Å². The Hall–Kier alpha value is -1.88. The molecule has 1 saturated heterocycles. The van der Waals surface area contributed by atoms with Gasteiger partial charge in [0.1, 0.15) is 0 Å². The molecule has 1 fully saturated rings. The summed E-state index contributed by atoms with van der Waals surface area (Å²) < 4.78 is 0. The molecule has 1 aliphatic heterocycles. The van der Waals surface area contributed by atoms with Crippen LogP contribution in [0.15, 0.2) is 24.3 Å². The molecule has 0 saturated carbocycles. The Morgan fingerprint density at radius 3 is 2.45 bits per heavy atom. The van der Waals surface area contributed by atoms with Crippen molar-refractivity contribution in [3.8, 4) is 0 Å². The van der Waals surface area contributed by atoms with Crippen LogP contribution in [-0.4, -0.2) is 42.9 Å². The molecule has 22 heavy (non-hydrogen) atoms. The third kappa shape index (κ3) is 4.07. The predicted molar refractivity (Wildman–Crippen MR) is 87.9 cm³/mol.